The first kappa shape index (κ1) is 19.5. The van der Waals surface area contributed by atoms with Crippen molar-refractivity contribution < 1.29 is 30.0 Å². The van der Waals surface area contributed by atoms with E-state index in [1.54, 1.807) is 30.3 Å². The molecule has 0 spiro atoms. The molecule has 0 radical (unpaired) electrons. The largest absolute Gasteiger partial charge is 0.508 e. The third-order valence-electron chi connectivity index (χ3n) is 3.62. The van der Waals surface area contributed by atoms with E-state index in [-0.39, 0.29) is 45.7 Å². The maximum atomic E-state index is 11.9. The highest BCUT2D eigenvalue weighted by Gasteiger charge is 2.13. The summed E-state index contributed by atoms with van der Waals surface area (Å²) in [6, 6.07) is 16.3. The van der Waals surface area contributed by atoms with Crippen molar-refractivity contribution in [3.63, 3.8) is 0 Å². The number of Topliss-reactive ketones (excluding diaryl/α,β-unsaturated/α-hetero) is 1. The van der Waals surface area contributed by atoms with Gasteiger partial charge >= 0.3 is 0 Å². The van der Waals surface area contributed by atoms with E-state index in [1.165, 1.54) is 43.3 Å². The normalized spacial score (nSPS) is 9.81. The number of hydrogen-bond donors (Lipinski definition) is 4. The van der Waals surface area contributed by atoms with Gasteiger partial charge in [0.25, 0.3) is 0 Å². The molecule has 4 N–H and O–H groups in total. The fraction of sp³-hybridized carbons (Fsp3) is 0.0476. The van der Waals surface area contributed by atoms with Crippen LogP contribution in [-0.4, -0.2) is 32.0 Å². The van der Waals surface area contributed by atoms with Crippen LogP contribution in [-0.2, 0) is 0 Å². The van der Waals surface area contributed by atoms with Gasteiger partial charge in [0.05, 0.1) is 11.1 Å². The molecular weight excluding hydrogens is 348 g/mol. The van der Waals surface area contributed by atoms with Crippen LogP contribution in [0.25, 0.3) is 0 Å². The van der Waals surface area contributed by atoms with E-state index in [1.807, 2.05) is 0 Å². The molecule has 27 heavy (non-hydrogen) atoms. The second-order valence-corrected chi connectivity index (χ2v) is 5.65. The predicted octanol–water partition coefficient (Wildman–Crippen LogP) is 3.63. The Bertz CT molecular complexity index is 964. The van der Waals surface area contributed by atoms with Crippen LogP contribution in [0.4, 0.5) is 0 Å². The van der Waals surface area contributed by atoms with Crippen molar-refractivity contribution in [2.45, 2.75) is 6.92 Å². The zero-order chi connectivity index (χ0) is 20.0. The van der Waals surface area contributed by atoms with Crippen molar-refractivity contribution in [3.8, 4) is 23.0 Å². The van der Waals surface area contributed by atoms with E-state index in [9.17, 15) is 19.8 Å². The molecule has 0 aliphatic carbocycles. The summed E-state index contributed by atoms with van der Waals surface area (Å²) in [5, 5.41) is 36.8. The van der Waals surface area contributed by atoms with Crippen LogP contribution >= 0.6 is 0 Å². The molecule has 0 amide bonds. The first-order chi connectivity index (χ1) is 12.8. The Labute approximate surface area is 155 Å². The van der Waals surface area contributed by atoms with Gasteiger partial charge in [-0.05, 0) is 43.3 Å². The SMILES string of the molecule is CC(=O)c1cc(O)ccc1O.O=C(c1ccccc1)c1cc(O)ccc1O. The van der Waals surface area contributed by atoms with Gasteiger partial charge in [-0.25, -0.2) is 0 Å². The number of phenols is 4. The molecule has 0 saturated heterocycles. The Morgan fingerprint density at radius 3 is 1.63 bits per heavy atom. The molecule has 0 aliphatic heterocycles. The van der Waals surface area contributed by atoms with Crippen LogP contribution in [0.3, 0.4) is 0 Å². The van der Waals surface area contributed by atoms with E-state index >= 15 is 0 Å². The topological polar surface area (TPSA) is 115 Å². The molecule has 6 heteroatoms. The van der Waals surface area contributed by atoms with E-state index in [2.05, 4.69) is 0 Å². The average Bonchev–Trinajstić information content (AvgIpc) is 2.66. The standard InChI is InChI=1S/C13H10O3.C8H8O3/c14-10-6-7-12(15)11(8-10)13(16)9-4-2-1-3-5-9;1-5(9)7-4-6(10)2-3-8(7)11/h1-8,14-15H;2-4,10-11H,1H3. The fourth-order valence-electron chi connectivity index (χ4n) is 2.26. The minimum atomic E-state index is -0.311. The van der Waals surface area contributed by atoms with Crippen molar-refractivity contribution in [1.29, 1.82) is 0 Å². The number of rotatable bonds is 3. The number of ketones is 2. The Morgan fingerprint density at radius 2 is 1.15 bits per heavy atom. The van der Waals surface area contributed by atoms with Gasteiger partial charge in [0.15, 0.2) is 11.6 Å². The molecule has 0 unspecified atom stereocenters. The minimum absolute atomic E-state index is 0.0204. The number of carbonyl (C=O) groups is 2. The predicted molar refractivity (Wildman–Crippen MR) is 99.4 cm³/mol. The molecule has 6 nitrogen and oxygen atoms in total. The molecule has 0 heterocycles. The van der Waals surface area contributed by atoms with Gasteiger partial charge < -0.3 is 20.4 Å². The van der Waals surface area contributed by atoms with E-state index in [0.29, 0.717) is 5.56 Å². The number of phenolic OH excluding ortho intramolecular Hbond substituents is 4. The van der Waals surface area contributed by atoms with Crippen LogP contribution in [0.5, 0.6) is 23.0 Å². The third-order valence-corrected chi connectivity index (χ3v) is 3.62. The van der Waals surface area contributed by atoms with Crippen molar-refractivity contribution >= 4 is 11.6 Å². The Balaban J connectivity index is 0.000000208. The lowest BCUT2D eigenvalue weighted by Gasteiger charge is -2.04. The quantitative estimate of drug-likeness (QED) is 0.416. The summed E-state index contributed by atoms with van der Waals surface area (Å²) in [7, 11) is 0. The zero-order valence-corrected chi connectivity index (χ0v) is 14.5. The third kappa shape index (κ3) is 5.09. The number of aromatic hydroxyl groups is 4. The molecule has 0 atom stereocenters. The van der Waals surface area contributed by atoms with Crippen molar-refractivity contribution in [3.05, 3.63) is 83.4 Å². The van der Waals surface area contributed by atoms with Crippen LogP contribution < -0.4 is 0 Å². The molecule has 0 saturated carbocycles. The molecule has 0 fully saturated rings. The van der Waals surface area contributed by atoms with E-state index < -0.39 is 0 Å². The Kier molecular flexibility index (Phi) is 6.17. The molecule has 0 aliphatic rings. The Morgan fingerprint density at radius 1 is 0.667 bits per heavy atom. The highest BCUT2D eigenvalue weighted by molar-refractivity contribution is 6.10. The maximum Gasteiger partial charge on any atom is 0.196 e. The zero-order valence-electron chi connectivity index (χ0n) is 14.5. The van der Waals surface area contributed by atoms with Crippen molar-refractivity contribution in [2.75, 3.05) is 0 Å². The summed E-state index contributed by atoms with van der Waals surface area (Å²) in [5.41, 5.74) is 0.722. The molecule has 3 rings (SSSR count). The summed E-state index contributed by atoms with van der Waals surface area (Å²) in [6.07, 6.45) is 0. The van der Waals surface area contributed by atoms with Gasteiger partial charge in [0.2, 0.25) is 0 Å². The number of hydrogen-bond acceptors (Lipinski definition) is 6. The summed E-state index contributed by atoms with van der Waals surface area (Å²) >= 11 is 0. The van der Waals surface area contributed by atoms with Gasteiger partial charge in [-0.2, -0.15) is 0 Å². The lowest BCUT2D eigenvalue weighted by atomic mass is 10.0. The smallest absolute Gasteiger partial charge is 0.196 e. The van der Waals surface area contributed by atoms with Crippen LogP contribution in [0.15, 0.2) is 66.7 Å². The summed E-state index contributed by atoms with van der Waals surface area (Å²) < 4.78 is 0. The fourth-order valence-corrected chi connectivity index (χ4v) is 2.26. The van der Waals surface area contributed by atoms with Crippen molar-refractivity contribution in [2.24, 2.45) is 0 Å². The minimum Gasteiger partial charge on any atom is -0.508 e. The van der Waals surface area contributed by atoms with Crippen molar-refractivity contribution in [1.82, 2.24) is 0 Å². The van der Waals surface area contributed by atoms with Gasteiger partial charge in [0.1, 0.15) is 23.0 Å². The van der Waals surface area contributed by atoms with Crippen LogP contribution in [0.2, 0.25) is 0 Å². The Hall–Kier alpha value is -3.80. The maximum absolute atomic E-state index is 11.9. The first-order valence-corrected chi connectivity index (χ1v) is 7.94. The summed E-state index contributed by atoms with van der Waals surface area (Å²) in [4.78, 5) is 22.7. The van der Waals surface area contributed by atoms with Gasteiger partial charge in [-0.15, -0.1) is 0 Å². The molecule has 0 bridgehead atoms. The molecule has 3 aromatic rings. The van der Waals surface area contributed by atoms with Gasteiger partial charge in [-0.1, -0.05) is 30.3 Å². The second-order valence-electron chi connectivity index (χ2n) is 5.65. The van der Waals surface area contributed by atoms with Crippen LogP contribution in [0, 0.1) is 0 Å². The molecule has 3 aromatic carbocycles. The number of carbonyl (C=O) groups excluding carboxylic acids is 2. The van der Waals surface area contributed by atoms with Gasteiger partial charge in [0, 0.05) is 5.56 Å². The number of benzene rings is 3. The molecular formula is C21H18O6. The molecule has 0 aromatic heterocycles. The van der Waals surface area contributed by atoms with Gasteiger partial charge in [-0.3, -0.25) is 9.59 Å². The summed E-state index contributed by atoms with van der Waals surface area (Å²) in [5.74, 6) is -0.876. The highest BCUT2D eigenvalue weighted by atomic mass is 16.3. The second kappa shape index (κ2) is 8.53. The average molecular weight is 366 g/mol. The van der Waals surface area contributed by atoms with E-state index in [0.717, 1.165) is 0 Å². The highest BCUT2D eigenvalue weighted by Crippen LogP contribution is 2.24. The summed E-state index contributed by atoms with van der Waals surface area (Å²) in [6.45, 7) is 1.33. The first-order valence-electron chi connectivity index (χ1n) is 7.94. The van der Waals surface area contributed by atoms with Crippen LogP contribution in [0.1, 0.15) is 33.2 Å². The lowest BCUT2D eigenvalue weighted by Crippen LogP contribution is -2.00. The lowest BCUT2D eigenvalue weighted by molar-refractivity contribution is 0.101. The van der Waals surface area contributed by atoms with E-state index in [4.69, 9.17) is 10.2 Å². The monoisotopic (exact) mass is 366 g/mol. The molecule has 138 valence electrons.